The van der Waals surface area contributed by atoms with Crippen molar-refractivity contribution in [2.24, 2.45) is 0 Å². The maximum atomic E-state index is 5.90. The SMILES string of the molecule is Brc1ccc2c(c1)CC(CNCc1ccncc1)O2. The summed E-state index contributed by atoms with van der Waals surface area (Å²) in [7, 11) is 0. The summed E-state index contributed by atoms with van der Waals surface area (Å²) in [5, 5.41) is 3.43. The molecule has 1 aromatic heterocycles. The molecule has 1 N–H and O–H groups in total. The van der Waals surface area contributed by atoms with E-state index in [1.54, 1.807) is 0 Å². The number of hydrogen-bond acceptors (Lipinski definition) is 3. The van der Waals surface area contributed by atoms with E-state index in [0.717, 1.165) is 29.7 Å². The zero-order valence-corrected chi connectivity index (χ0v) is 12.1. The Bertz CT molecular complexity index is 559. The van der Waals surface area contributed by atoms with Gasteiger partial charge in [-0.25, -0.2) is 0 Å². The van der Waals surface area contributed by atoms with Gasteiger partial charge in [0.05, 0.1) is 0 Å². The fourth-order valence-electron chi connectivity index (χ4n) is 2.28. The summed E-state index contributed by atoms with van der Waals surface area (Å²) >= 11 is 3.49. The third kappa shape index (κ3) is 3.14. The Morgan fingerprint density at radius 3 is 2.95 bits per heavy atom. The summed E-state index contributed by atoms with van der Waals surface area (Å²) in [6.45, 7) is 1.71. The van der Waals surface area contributed by atoms with Gasteiger partial charge in [-0.3, -0.25) is 4.98 Å². The van der Waals surface area contributed by atoms with Crippen molar-refractivity contribution in [1.82, 2.24) is 10.3 Å². The molecule has 2 aromatic rings. The molecule has 19 heavy (non-hydrogen) atoms. The highest BCUT2D eigenvalue weighted by molar-refractivity contribution is 9.10. The Balaban J connectivity index is 1.51. The van der Waals surface area contributed by atoms with Gasteiger partial charge >= 0.3 is 0 Å². The van der Waals surface area contributed by atoms with Gasteiger partial charge in [0.25, 0.3) is 0 Å². The number of pyridine rings is 1. The lowest BCUT2D eigenvalue weighted by molar-refractivity contribution is 0.227. The molecule has 0 saturated heterocycles. The molecule has 3 rings (SSSR count). The number of fused-ring (bicyclic) bond motifs is 1. The molecule has 0 radical (unpaired) electrons. The summed E-state index contributed by atoms with van der Waals surface area (Å²) in [4.78, 5) is 4.01. The highest BCUT2D eigenvalue weighted by Crippen LogP contribution is 2.30. The van der Waals surface area contributed by atoms with Gasteiger partial charge in [-0.15, -0.1) is 0 Å². The highest BCUT2D eigenvalue weighted by Gasteiger charge is 2.22. The molecule has 3 nitrogen and oxygen atoms in total. The van der Waals surface area contributed by atoms with Gasteiger partial charge in [0.2, 0.25) is 0 Å². The number of aromatic nitrogens is 1. The molecule has 1 atom stereocenters. The third-order valence-corrected chi connectivity index (χ3v) is 3.71. The minimum Gasteiger partial charge on any atom is -0.488 e. The van der Waals surface area contributed by atoms with Crippen molar-refractivity contribution in [2.45, 2.75) is 19.1 Å². The normalized spacial score (nSPS) is 17.0. The van der Waals surface area contributed by atoms with Crippen molar-refractivity contribution < 1.29 is 4.74 Å². The molecule has 0 saturated carbocycles. The number of halogens is 1. The number of hydrogen-bond donors (Lipinski definition) is 1. The van der Waals surface area contributed by atoms with Crippen molar-refractivity contribution in [1.29, 1.82) is 0 Å². The van der Waals surface area contributed by atoms with Gasteiger partial charge in [-0.2, -0.15) is 0 Å². The summed E-state index contributed by atoms with van der Waals surface area (Å²) < 4.78 is 7.02. The lowest BCUT2D eigenvalue weighted by Gasteiger charge is -2.11. The molecule has 0 fully saturated rings. The summed E-state index contributed by atoms with van der Waals surface area (Å²) in [6.07, 6.45) is 4.83. The van der Waals surface area contributed by atoms with E-state index >= 15 is 0 Å². The van der Waals surface area contributed by atoms with E-state index in [-0.39, 0.29) is 6.10 Å². The smallest absolute Gasteiger partial charge is 0.123 e. The van der Waals surface area contributed by atoms with Gasteiger partial charge in [-0.1, -0.05) is 15.9 Å². The van der Waals surface area contributed by atoms with Crippen molar-refractivity contribution >= 4 is 15.9 Å². The van der Waals surface area contributed by atoms with Crippen LogP contribution in [0.25, 0.3) is 0 Å². The lowest BCUT2D eigenvalue weighted by atomic mass is 10.1. The molecular weight excluding hydrogens is 304 g/mol. The van der Waals surface area contributed by atoms with Crippen LogP contribution in [0.4, 0.5) is 0 Å². The molecule has 0 aliphatic carbocycles. The largest absolute Gasteiger partial charge is 0.488 e. The molecule has 1 unspecified atom stereocenters. The first-order valence-electron chi connectivity index (χ1n) is 6.36. The predicted octanol–water partition coefficient (Wildman–Crippen LogP) is 2.94. The van der Waals surface area contributed by atoms with Gasteiger partial charge in [0.15, 0.2) is 0 Å². The second kappa shape index (κ2) is 5.72. The molecule has 0 bridgehead atoms. The van der Waals surface area contributed by atoms with Crippen LogP contribution < -0.4 is 10.1 Å². The van der Waals surface area contributed by atoms with Crippen LogP contribution in [-0.2, 0) is 13.0 Å². The second-order valence-corrected chi connectivity index (χ2v) is 5.60. The summed E-state index contributed by atoms with van der Waals surface area (Å²) in [5.41, 5.74) is 2.53. The van der Waals surface area contributed by atoms with E-state index in [4.69, 9.17) is 4.74 Å². The molecule has 0 amide bonds. The number of nitrogens with zero attached hydrogens (tertiary/aromatic N) is 1. The van der Waals surface area contributed by atoms with Crippen LogP contribution >= 0.6 is 15.9 Å². The first kappa shape index (κ1) is 12.6. The van der Waals surface area contributed by atoms with E-state index in [9.17, 15) is 0 Å². The predicted molar refractivity (Wildman–Crippen MR) is 78.2 cm³/mol. The van der Waals surface area contributed by atoms with Crippen LogP contribution in [0.15, 0.2) is 47.2 Å². The maximum absolute atomic E-state index is 5.90. The monoisotopic (exact) mass is 318 g/mol. The van der Waals surface area contributed by atoms with Crippen LogP contribution in [0, 0.1) is 0 Å². The first-order chi connectivity index (χ1) is 9.31. The van der Waals surface area contributed by atoms with Crippen molar-refractivity contribution in [3.05, 3.63) is 58.3 Å². The number of nitrogens with one attached hydrogen (secondary N) is 1. The van der Waals surface area contributed by atoms with Crippen LogP contribution in [0.1, 0.15) is 11.1 Å². The van der Waals surface area contributed by atoms with Crippen molar-refractivity contribution in [3.63, 3.8) is 0 Å². The Labute approximate surface area is 121 Å². The van der Waals surface area contributed by atoms with Crippen molar-refractivity contribution in [2.75, 3.05) is 6.54 Å². The topological polar surface area (TPSA) is 34.2 Å². The van der Waals surface area contributed by atoms with Gasteiger partial charge < -0.3 is 10.1 Å². The number of ether oxygens (including phenoxy) is 1. The molecule has 0 spiro atoms. The third-order valence-electron chi connectivity index (χ3n) is 3.21. The summed E-state index contributed by atoms with van der Waals surface area (Å²) in [5.74, 6) is 1.01. The molecule has 98 valence electrons. The zero-order valence-electron chi connectivity index (χ0n) is 10.5. The van der Waals surface area contributed by atoms with Crippen LogP contribution in [0.3, 0.4) is 0 Å². The number of rotatable bonds is 4. The van der Waals surface area contributed by atoms with E-state index in [1.165, 1.54) is 11.1 Å². The highest BCUT2D eigenvalue weighted by atomic mass is 79.9. The Morgan fingerprint density at radius 2 is 2.11 bits per heavy atom. The number of benzene rings is 1. The van der Waals surface area contributed by atoms with E-state index < -0.39 is 0 Å². The molecule has 4 heteroatoms. The van der Waals surface area contributed by atoms with Crippen molar-refractivity contribution in [3.8, 4) is 5.75 Å². The van der Waals surface area contributed by atoms with E-state index in [1.807, 2.05) is 36.7 Å². The minimum atomic E-state index is 0.228. The Morgan fingerprint density at radius 1 is 1.26 bits per heavy atom. The fourth-order valence-corrected chi connectivity index (χ4v) is 2.69. The summed E-state index contributed by atoms with van der Waals surface area (Å²) in [6, 6.07) is 10.2. The average Bonchev–Trinajstić information content (AvgIpc) is 2.82. The average molecular weight is 319 g/mol. The second-order valence-electron chi connectivity index (χ2n) is 4.68. The van der Waals surface area contributed by atoms with Gasteiger partial charge in [-0.05, 0) is 41.5 Å². The lowest BCUT2D eigenvalue weighted by Crippen LogP contribution is -2.29. The van der Waals surface area contributed by atoms with Crippen LogP contribution in [-0.4, -0.2) is 17.6 Å². The molecule has 1 aliphatic rings. The van der Waals surface area contributed by atoms with Crippen LogP contribution in [0.2, 0.25) is 0 Å². The van der Waals surface area contributed by atoms with Gasteiger partial charge in [0, 0.05) is 36.4 Å². The molecular formula is C15H15BrN2O. The fraction of sp³-hybridized carbons (Fsp3) is 0.267. The molecule has 1 aromatic carbocycles. The maximum Gasteiger partial charge on any atom is 0.123 e. The molecule has 2 heterocycles. The van der Waals surface area contributed by atoms with E-state index in [0.29, 0.717) is 0 Å². The molecule has 1 aliphatic heterocycles. The van der Waals surface area contributed by atoms with E-state index in [2.05, 4.69) is 32.3 Å². The quantitative estimate of drug-likeness (QED) is 0.941. The minimum absolute atomic E-state index is 0.228. The Hall–Kier alpha value is -1.39. The zero-order chi connectivity index (χ0) is 13.1. The van der Waals surface area contributed by atoms with Crippen LogP contribution in [0.5, 0.6) is 5.75 Å². The standard InChI is InChI=1S/C15H15BrN2O/c16-13-1-2-15-12(7-13)8-14(19-15)10-18-9-11-3-5-17-6-4-11/h1-7,14,18H,8-10H2. The first-order valence-corrected chi connectivity index (χ1v) is 7.15. The Kier molecular flexibility index (Phi) is 3.80. The van der Waals surface area contributed by atoms with Gasteiger partial charge in [0.1, 0.15) is 11.9 Å².